The molecule has 176 valence electrons. The topological polar surface area (TPSA) is 103 Å². The van der Waals surface area contributed by atoms with Gasteiger partial charge in [0.2, 0.25) is 5.91 Å². The molecule has 7 nitrogen and oxygen atoms in total. The van der Waals surface area contributed by atoms with Crippen LogP contribution in [0.4, 0.5) is 16.5 Å². The normalized spacial score (nSPS) is 11.3. The highest BCUT2D eigenvalue weighted by atomic mass is 32.1. The van der Waals surface area contributed by atoms with E-state index in [1.54, 1.807) is 17.6 Å². The number of anilines is 1. The van der Waals surface area contributed by atoms with Crippen LogP contribution >= 0.6 is 11.3 Å². The molecule has 0 saturated carbocycles. The van der Waals surface area contributed by atoms with Crippen LogP contribution in [-0.4, -0.2) is 16.1 Å². The van der Waals surface area contributed by atoms with Crippen molar-refractivity contribution >= 4 is 33.8 Å². The van der Waals surface area contributed by atoms with Crippen molar-refractivity contribution in [3.8, 4) is 5.75 Å². The second kappa shape index (κ2) is 15.5. The Balaban J connectivity index is 2.03. The molecule has 0 saturated heterocycles. The van der Waals surface area contributed by atoms with Crippen LogP contribution < -0.4 is 10.4 Å². The quantitative estimate of drug-likeness (QED) is 0.212. The third-order valence-corrected chi connectivity index (χ3v) is 5.91. The van der Waals surface area contributed by atoms with Crippen molar-refractivity contribution in [2.75, 3.05) is 5.32 Å². The van der Waals surface area contributed by atoms with Crippen molar-refractivity contribution in [1.82, 2.24) is 10.2 Å². The van der Waals surface area contributed by atoms with Gasteiger partial charge in [0.1, 0.15) is 5.51 Å². The van der Waals surface area contributed by atoms with Crippen molar-refractivity contribution in [2.45, 2.75) is 97.3 Å². The first kappa shape index (κ1) is 25.9. The average molecular weight is 459 g/mol. The molecule has 1 amide bonds. The zero-order chi connectivity index (χ0) is 23.0. The second-order valence-electron chi connectivity index (χ2n) is 8.13. The van der Waals surface area contributed by atoms with E-state index >= 15 is 0 Å². The van der Waals surface area contributed by atoms with Gasteiger partial charge in [-0.25, -0.2) is 0 Å². The minimum absolute atomic E-state index is 0.119. The summed E-state index contributed by atoms with van der Waals surface area (Å²) in [5.41, 5.74) is 3.09. The first-order chi connectivity index (χ1) is 15.6. The van der Waals surface area contributed by atoms with Gasteiger partial charge in [0.05, 0.1) is 5.69 Å². The maximum absolute atomic E-state index is 13.0. The fourth-order valence-electron chi connectivity index (χ4n) is 3.52. The molecule has 0 unspecified atom stereocenters. The molecule has 0 radical (unpaired) electrons. The molecule has 0 spiro atoms. The lowest BCUT2D eigenvalue weighted by Gasteiger charge is -2.20. The van der Waals surface area contributed by atoms with Gasteiger partial charge in [-0.15, -0.1) is 20.4 Å². The predicted octanol–water partition coefficient (Wildman–Crippen LogP) is 7.23. The number of benzene rings is 1. The third kappa shape index (κ3) is 9.85. The summed E-state index contributed by atoms with van der Waals surface area (Å²) in [4.78, 5) is 12.4. The molecule has 0 aliphatic carbocycles. The maximum Gasteiger partial charge on any atom is 0.251 e. The largest absolute Gasteiger partial charge is 0.871 e. The molecule has 2 aromatic rings. The highest BCUT2D eigenvalue weighted by Crippen LogP contribution is 2.33. The Morgan fingerprint density at radius 3 is 2.34 bits per heavy atom. The lowest BCUT2D eigenvalue weighted by molar-refractivity contribution is -0.268. The Labute approximate surface area is 195 Å². The standard InChI is InChI=1S/C24H37N5O2S/c1-3-5-7-9-11-13-15-22(30)26-21-17-20(27-29-24-28-25-18-32-24)16-19(23(21)31)14-12-10-8-6-4-2/h16-18,31H,3-15H2,1-2H3,(H,26,30)/p-1. The molecule has 2 rings (SSSR count). The Bertz CT molecular complexity index is 824. The van der Waals surface area contributed by atoms with E-state index in [2.05, 4.69) is 39.6 Å². The summed E-state index contributed by atoms with van der Waals surface area (Å²) in [7, 11) is 0. The molecular formula is C24H36N5O2S-. The summed E-state index contributed by atoms with van der Waals surface area (Å²) in [6.07, 6.45) is 13.4. The Kier molecular flexibility index (Phi) is 12.5. The molecule has 1 heterocycles. The van der Waals surface area contributed by atoms with Crippen LogP contribution in [0.1, 0.15) is 96.5 Å². The van der Waals surface area contributed by atoms with E-state index < -0.39 is 0 Å². The van der Waals surface area contributed by atoms with Gasteiger partial charge in [-0.05, 0) is 31.4 Å². The fourth-order valence-corrected chi connectivity index (χ4v) is 3.89. The first-order valence-electron chi connectivity index (χ1n) is 12.0. The van der Waals surface area contributed by atoms with Crippen LogP contribution in [0.25, 0.3) is 0 Å². The SMILES string of the molecule is CCCCCCCCC(=O)Nc1cc(N=Nc2nncs2)cc(CCCCCCC)c1[O-]. The summed E-state index contributed by atoms with van der Waals surface area (Å²) in [6, 6.07) is 3.38. The number of carbonyl (C=O) groups is 1. The van der Waals surface area contributed by atoms with Gasteiger partial charge in [-0.3, -0.25) is 4.79 Å². The zero-order valence-corrected chi connectivity index (χ0v) is 20.3. The van der Waals surface area contributed by atoms with Crippen LogP contribution in [0.5, 0.6) is 5.75 Å². The number of amides is 1. The van der Waals surface area contributed by atoms with E-state index in [9.17, 15) is 9.90 Å². The van der Waals surface area contributed by atoms with E-state index in [0.29, 0.717) is 34.9 Å². The Morgan fingerprint density at radius 1 is 0.969 bits per heavy atom. The van der Waals surface area contributed by atoms with Gasteiger partial charge < -0.3 is 10.4 Å². The van der Waals surface area contributed by atoms with Gasteiger partial charge in [-0.2, -0.15) is 0 Å². The van der Waals surface area contributed by atoms with Crippen molar-refractivity contribution in [2.24, 2.45) is 10.2 Å². The molecule has 32 heavy (non-hydrogen) atoms. The molecule has 8 heteroatoms. The molecule has 0 aliphatic heterocycles. The van der Waals surface area contributed by atoms with Gasteiger partial charge in [0, 0.05) is 12.1 Å². The number of carbonyl (C=O) groups excluding carboxylic acids is 1. The Hall–Kier alpha value is -2.35. The summed E-state index contributed by atoms with van der Waals surface area (Å²) in [5, 5.41) is 32.1. The number of hydrogen-bond acceptors (Lipinski definition) is 7. The number of hydrogen-bond donors (Lipinski definition) is 1. The number of nitrogens with one attached hydrogen (secondary N) is 1. The van der Waals surface area contributed by atoms with E-state index in [4.69, 9.17) is 0 Å². The smallest absolute Gasteiger partial charge is 0.251 e. The monoisotopic (exact) mass is 458 g/mol. The number of unbranched alkanes of at least 4 members (excludes halogenated alkanes) is 9. The van der Waals surface area contributed by atoms with E-state index in [0.717, 1.165) is 32.1 Å². The van der Waals surface area contributed by atoms with E-state index in [-0.39, 0.29) is 11.7 Å². The molecule has 0 fully saturated rings. The molecule has 0 bridgehead atoms. The Morgan fingerprint density at radius 2 is 1.66 bits per heavy atom. The van der Waals surface area contributed by atoms with Crippen LogP contribution in [0, 0.1) is 0 Å². The number of nitrogens with zero attached hydrogens (tertiary/aromatic N) is 4. The predicted molar refractivity (Wildman–Crippen MR) is 129 cm³/mol. The van der Waals surface area contributed by atoms with Crippen molar-refractivity contribution in [1.29, 1.82) is 0 Å². The lowest BCUT2D eigenvalue weighted by Crippen LogP contribution is -2.14. The van der Waals surface area contributed by atoms with Crippen molar-refractivity contribution in [3.05, 3.63) is 23.2 Å². The minimum Gasteiger partial charge on any atom is -0.871 e. The summed E-state index contributed by atoms with van der Waals surface area (Å²) < 4.78 is 0. The first-order valence-corrected chi connectivity index (χ1v) is 12.8. The highest BCUT2D eigenvalue weighted by Gasteiger charge is 2.09. The lowest BCUT2D eigenvalue weighted by atomic mass is 10.0. The summed E-state index contributed by atoms with van der Waals surface area (Å²) >= 11 is 1.29. The van der Waals surface area contributed by atoms with Crippen molar-refractivity contribution in [3.63, 3.8) is 0 Å². The molecule has 0 aliphatic rings. The van der Waals surface area contributed by atoms with Gasteiger partial charge in [-0.1, -0.05) is 94.3 Å². The van der Waals surface area contributed by atoms with Crippen LogP contribution in [0.15, 0.2) is 27.9 Å². The highest BCUT2D eigenvalue weighted by molar-refractivity contribution is 7.13. The summed E-state index contributed by atoms with van der Waals surface area (Å²) in [6.45, 7) is 4.37. The number of rotatable bonds is 16. The minimum atomic E-state index is -0.121. The van der Waals surface area contributed by atoms with E-state index in [1.807, 2.05) is 0 Å². The van der Waals surface area contributed by atoms with Gasteiger partial charge in [0.15, 0.2) is 0 Å². The zero-order valence-electron chi connectivity index (χ0n) is 19.4. The van der Waals surface area contributed by atoms with Crippen LogP contribution in [0.2, 0.25) is 0 Å². The maximum atomic E-state index is 13.0. The van der Waals surface area contributed by atoms with E-state index in [1.165, 1.54) is 49.9 Å². The van der Waals surface area contributed by atoms with Crippen LogP contribution in [0.3, 0.4) is 0 Å². The number of azo groups is 1. The molecule has 0 atom stereocenters. The molecule has 1 aromatic carbocycles. The summed E-state index contributed by atoms with van der Waals surface area (Å²) in [5.74, 6) is -0.239. The fraction of sp³-hybridized carbons (Fsp3) is 0.625. The average Bonchev–Trinajstić information content (AvgIpc) is 3.31. The number of aryl methyl sites for hydroxylation is 1. The van der Waals surface area contributed by atoms with Crippen molar-refractivity contribution < 1.29 is 9.90 Å². The molecular weight excluding hydrogens is 422 g/mol. The molecule has 1 aromatic heterocycles. The van der Waals surface area contributed by atoms with Crippen LogP contribution in [-0.2, 0) is 11.2 Å². The van der Waals surface area contributed by atoms with Gasteiger partial charge in [0.25, 0.3) is 5.13 Å². The molecule has 1 N–H and O–H groups in total. The second-order valence-corrected chi connectivity index (χ2v) is 8.94. The number of aromatic nitrogens is 2. The third-order valence-electron chi connectivity index (χ3n) is 5.33. The van der Waals surface area contributed by atoms with Gasteiger partial charge >= 0.3 is 0 Å².